The molecular weight excluding hydrogens is 350 g/mol. The molecule has 1 aromatic rings. The zero-order chi connectivity index (χ0) is 20.0. The van der Waals surface area contributed by atoms with Crippen molar-refractivity contribution in [2.45, 2.75) is 46.1 Å². The maximum Gasteiger partial charge on any atom is 0.339 e. The Morgan fingerprint density at radius 1 is 1.44 bits per heavy atom. The van der Waals surface area contributed by atoms with E-state index in [1.165, 1.54) is 19.1 Å². The Labute approximate surface area is 159 Å². The quantitative estimate of drug-likeness (QED) is 0.445. The summed E-state index contributed by atoms with van der Waals surface area (Å²) in [5.41, 5.74) is 0.448. The number of nitro benzene ring substituents is 1. The Morgan fingerprint density at radius 3 is 2.81 bits per heavy atom. The third-order valence-corrected chi connectivity index (χ3v) is 4.61. The Balaban J connectivity index is 2.16. The summed E-state index contributed by atoms with van der Waals surface area (Å²) in [6.07, 6.45) is 1.89. The van der Waals surface area contributed by atoms with Crippen molar-refractivity contribution in [3.8, 4) is 0 Å². The van der Waals surface area contributed by atoms with Crippen LogP contribution in [0, 0.1) is 16.0 Å². The number of nitrogens with zero attached hydrogens (tertiary/aromatic N) is 2. The van der Waals surface area contributed by atoms with Crippen molar-refractivity contribution < 1.29 is 19.2 Å². The first-order valence-electron chi connectivity index (χ1n) is 9.35. The molecule has 1 fully saturated rings. The number of nitrogens with one attached hydrogen (secondary N) is 1. The molecule has 2 atom stereocenters. The van der Waals surface area contributed by atoms with Gasteiger partial charge in [-0.25, -0.2) is 4.79 Å². The average Bonchev–Trinajstić information content (AvgIpc) is 2.65. The molecule has 1 saturated heterocycles. The number of piperidine rings is 1. The van der Waals surface area contributed by atoms with E-state index in [4.69, 9.17) is 4.74 Å². The van der Waals surface area contributed by atoms with E-state index in [0.29, 0.717) is 18.2 Å². The molecule has 8 nitrogen and oxygen atoms in total. The molecule has 0 aliphatic carbocycles. The molecule has 1 aliphatic rings. The number of hydrogen-bond donors (Lipinski definition) is 1. The fraction of sp³-hybridized carbons (Fsp3) is 0.579. The van der Waals surface area contributed by atoms with Gasteiger partial charge < -0.3 is 15.0 Å². The van der Waals surface area contributed by atoms with Crippen LogP contribution in [-0.2, 0) is 9.53 Å². The molecule has 2 rings (SSSR count). The number of carbonyl (C=O) groups is 2. The largest absolute Gasteiger partial charge is 0.449 e. The second-order valence-corrected chi connectivity index (χ2v) is 6.99. The molecule has 1 aliphatic heterocycles. The predicted molar refractivity (Wildman–Crippen MR) is 102 cm³/mol. The van der Waals surface area contributed by atoms with Crippen molar-refractivity contribution in [3.63, 3.8) is 0 Å². The number of benzene rings is 1. The maximum absolute atomic E-state index is 12.3. The molecule has 0 spiro atoms. The second-order valence-electron chi connectivity index (χ2n) is 6.99. The van der Waals surface area contributed by atoms with E-state index >= 15 is 0 Å². The molecule has 27 heavy (non-hydrogen) atoms. The number of ether oxygens (including phenoxy) is 1. The molecular formula is C19H27N3O5. The summed E-state index contributed by atoms with van der Waals surface area (Å²) in [6.45, 7) is 7.51. The number of esters is 1. The van der Waals surface area contributed by atoms with Gasteiger partial charge in [0.2, 0.25) is 0 Å². The van der Waals surface area contributed by atoms with Crippen molar-refractivity contribution in [2.24, 2.45) is 5.92 Å². The molecule has 0 radical (unpaired) electrons. The van der Waals surface area contributed by atoms with E-state index in [-0.39, 0.29) is 11.3 Å². The lowest BCUT2D eigenvalue weighted by molar-refractivity contribution is -0.384. The molecule has 0 unspecified atom stereocenters. The van der Waals surface area contributed by atoms with Gasteiger partial charge in [0.25, 0.3) is 11.6 Å². The Bertz CT molecular complexity index is 707. The van der Waals surface area contributed by atoms with Gasteiger partial charge in [-0.15, -0.1) is 0 Å². The summed E-state index contributed by atoms with van der Waals surface area (Å²) < 4.78 is 5.15. The first kappa shape index (κ1) is 20.7. The van der Waals surface area contributed by atoms with E-state index < -0.39 is 22.9 Å². The Hall–Kier alpha value is -2.64. The van der Waals surface area contributed by atoms with Crippen LogP contribution in [0.1, 0.15) is 50.4 Å². The Kier molecular flexibility index (Phi) is 7.15. The van der Waals surface area contributed by atoms with Crippen LogP contribution >= 0.6 is 0 Å². The molecule has 0 saturated carbocycles. The van der Waals surface area contributed by atoms with E-state index in [9.17, 15) is 19.7 Å². The third-order valence-electron chi connectivity index (χ3n) is 4.61. The summed E-state index contributed by atoms with van der Waals surface area (Å²) >= 11 is 0. The van der Waals surface area contributed by atoms with E-state index in [0.717, 1.165) is 32.4 Å². The highest BCUT2D eigenvalue weighted by Crippen LogP contribution is 2.32. The number of amides is 1. The third kappa shape index (κ3) is 5.42. The molecule has 1 amide bonds. The molecule has 148 valence electrons. The van der Waals surface area contributed by atoms with Crippen molar-refractivity contribution >= 4 is 23.3 Å². The van der Waals surface area contributed by atoms with Gasteiger partial charge in [0, 0.05) is 25.7 Å². The number of anilines is 1. The fourth-order valence-electron chi connectivity index (χ4n) is 3.15. The first-order valence-corrected chi connectivity index (χ1v) is 9.35. The minimum Gasteiger partial charge on any atom is -0.449 e. The highest BCUT2D eigenvalue weighted by Gasteiger charge is 2.26. The topological polar surface area (TPSA) is 102 Å². The van der Waals surface area contributed by atoms with Crippen LogP contribution < -0.4 is 10.2 Å². The van der Waals surface area contributed by atoms with Crippen LogP contribution in [0.15, 0.2) is 18.2 Å². The predicted octanol–water partition coefficient (Wildman–Crippen LogP) is 2.90. The van der Waals surface area contributed by atoms with Gasteiger partial charge in [0.05, 0.1) is 10.5 Å². The molecule has 0 bridgehead atoms. The van der Waals surface area contributed by atoms with Crippen molar-refractivity contribution in [1.82, 2.24) is 5.32 Å². The number of carbonyl (C=O) groups excluding carboxylic acids is 2. The zero-order valence-corrected chi connectivity index (χ0v) is 16.1. The fourth-order valence-corrected chi connectivity index (χ4v) is 3.15. The van der Waals surface area contributed by atoms with Gasteiger partial charge >= 0.3 is 5.97 Å². The van der Waals surface area contributed by atoms with Crippen LogP contribution in [0.25, 0.3) is 0 Å². The highest BCUT2D eigenvalue weighted by molar-refractivity contribution is 5.93. The Morgan fingerprint density at radius 2 is 2.19 bits per heavy atom. The monoisotopic (exact) mass is 377 g/mol. The minimum absolute atomic E-state index is 0.0608. The lowest BCUT2D eigenvalue weighted by atomic mass is 9.99. The highest BCUT2D eigenvalue weighted by atomic mass is 16.6. The normalized spacial score (nSPS) is 17.9. The van der Waals surface area contributed by atoms with Crippen LogP contribution in [0.5, 0.6) is 0 Å². The van der Waals surface area contributed by atoms with Crippen LogP contribution in [0.4, 0.5) is 11.4 Å². The van der Waals surface area contributed by atoms with Gasteiger partial charge in [0.1, 0.15) is 5.69 Å². The number of rotatable bonds is 7. The lowest BCUT2D eigenvalue weighted by Crippen LogP contribution is -2.36. The molecule has 0 aromatic heterocycles. The minimum atomic E-state index is -0.967. The van der Waals surface area contributed by atoms with Crippen LogP contribution in [0.3, 0.4) is 0 Å². The number of hydrogen-bond acceptors (Lipinski definition) is 6. The number of nitro groups is 1. The van der Waals surface area contributed by atoms with Crippen LogP contribution in [0.2, 0.25) is 0 Å². The molecule has 8 heteroatoms. The van der Waals surface area contributed by atoms with Crippen molar-refractivity contribution in [3.05, 3.63) is 33.9 Å². The van der Waals surface area contributed by atoms with Gasteiger partial charge in [-0.2, -0.15) is 0 Å². The summed E-state index contributed by atoms with van der Waals surface area (Å²) in [6, 6.07) is 4.34. The van der Waals surface area contributed by atoms with E-state index in [2.05, 4.69) is 12.2 Å². The lowest BCUT2D eigenvalue weighted by Gasteiger charge is -2.32. The molecule has 1 aromatic carbocycles. The first-order chi connectivity index (χ1) is 12.8. The van der Waals surface area contributed by atoms with Gasteiger partial charge in [-0.05, 0) is 44.2 Å². The standard InChI is InChI=1S/C19H27N3O5/c1-4-9-20-18(23)14(3)27-19(24)15-7-8-16(17(11-15)22(25)26)21-10-5-6-13(2)12-21/h7-8,11,13-14H,4-6,9-10,12H2,1-3H3,(H,20,23)/t13-,14-/m1/s1. The summed E-state index contributed by atoms with van der Waals surface area (Å²) in [5.74, 6) is -0.681. The zero-order valence-electron chi connectivity index (χ0n) is 16.1. The average molecular weight is 377 g/mol. The smallest absolute Gasteiger partial charge is 0.339 e. The second kappa shape index (κ2) is 9.34. The summed E-state index contributed by atoms with van der Waals surface area (Å²) in [4.78, 5) is 37.2. The molecule has 1 N–H and O–H groups in total. The van der Waals surface area contributed by atoms with Crippen molar-refractivity contribution in [1.29, 1.82) is 0 Å². The SMILES string of the molecule is CCCNC(=O)[C@@H](C)OC(=O)c1ccc(N2CCC[C@@H](C)C2)c([N+](=O)[O-])c1. The van der Waals surface area contributed by atoms with Gasteiger partial charge in [0.15, 0.2) is 6.10 Å². The van der Waals surface area contributed by atoms with Crippen LogP contribution in [-0.4, -0.2) is 42.5 Å². The van der Waals surface area contributed by atoms with Gasteiger partial charge in [-0.3, -0.25) is 14.9 Å². The van der Waals surface area contributed by atoms with Crippen molar-refractivity contribution in [2.75, 3.05) is 24.5 Å². The summed E-state index contributed by atoms with van der Waals surface area (Å²) in [5, 5.41) is 14.2. The molecule has 1 heterocycles. The van der Waals surface area contributed by atoms with Gasteiger partial charge in [-0.1, -0.05) is 13.8 Å². The maximum atomic E-state index is 12.3. The van der Waals surface area contributed by atoms with E-state index in [1.807, 2.05) is 11.8 Å². The summed E-state index contributed by atoms with van der Waals surface area (Å²) in [7, 11) is 0. The van der Waals surface area contributed by atoms with E-state index in [1.54, 1.807) is 6.07 Å².